The first-order valence-corrected chi connectivity index (χ1v) is 9.04. The van der Waals surface area contributed by atoms with Gasteiger partial charge in [0.15, 0.2) is 0 Å². The molecular formula is C20H41N3O. The fourth-order valence-corrected chi connectivity index (χ4v) is 2.23. The number of hydrogen-bond acceptors (Lipinski definition) is 3. The van der Waals surface area contributed by atoms with E-state index in [0.717, 1.165) is 31.4 Å². The molecule has 0 saturated heterocycles. The lowest BCUT2D eigenvalue weighted by molar-refractivity contribution is -0.119. The van der Waals surface area contributed by atoms with E-state index < -0.39 is 0 Å². The van der Waals surface area contributed by atoms with Crippen LogP contribution in [0.25, 0.3) is 0 Å². The van der Waals surface area contributed by atoms with Crippen LogP contribution in [-0.2, 0) is 4.79 Å². The second-order valence-electron chi connectivity index (χ2n) is 9.94. The molecule has 0 aromatic heterocycles. The number of rotatable bonds is 7. The molecule has 0 atom stereocenters. The molecule has 142 valence electrons. The van der Waals surface area contributed by atoms with Crippen LogP contribution in [0.5, 0.6) is 0 Å². The topological polar surface area (TPSA) is 58.4 Å². The maximum atomic E-state index is 12.2. The Bertz CT molecular complexity index is 450. The first-order valence-electron chi connectivity index (χ1n) is 9.04. The minimum absolute atomic E-state index is 0.0767. The average molecular weight is 340 g/mol. The van der Waals surface area contributed by atoms with E-state index in [1.807, 2.05) is 27.7 Å². The second kappa shape index (κ2) is 8.37. The largest absolute Gasteiger partial charge is 0.394 e. The Kier molecular flexibility index (Phi) is 8.01. The number of allylic oxidation sites excluding steroid dienone is 1. The van der Waals surface area contributed by atoms with E-state index in [2.05, 4.69) is 51.9 Å². The van der Waals surface area contributed by atoms with Crippen molar-refractivity contribution in [3.8, 4) is 0 Å². The van der Waals surface area contributed by atoms with Crippen LogP contribution in [0, 0.1) is 5.41 Å². The van der Waals surface area contributed by atoms with Crippen molar-refractivity contribution in [2.75, 3.05) is 13.6 Å². The van der Waals surface area contributed by atoms with Crippen molar-refractivity contribution in [3.05, 3.63) is 11.3 Å². The van der Waals surface area contributed by atoms with Crippen LogP contribution in [-0.4, -0.2) is 35.5 Å². The molecule has 4 heteroatoms. The molecule has 0 saturated carbocycles. The van der Waals surface area contributed by atoms with Crippen LogP contribution in [0.3, 0.4) is 0 Å². The molecule has 3 N–H and O–H groups in total. The first-order chi connectivity index (χ1) is 10.6. The Balaban J connectivity index is 4.73. The maximum absolute atomic E-state index is 12.2. The van der Waals surface area contributed by atoms with Gasteiger partial charge in [0.25, 0.3) is 5.91 Å². The minimum atomic E-state index is -0.269. The highest BCUT2D eigenvalue weighted by molar-refractivity contribution is 5.93. The fraction of sp³-hybridized carbons (Fsp3) is 0.850. The molecule has 0 spiro atoms. The Morgan fingerprint density at radius 1 is 1.00 bits per heavy atom. The Morgan fingerprint density at radius 3 is 1.92 bits per heavy atom. The predicted molar refractivity (Wildman–Crippen MR) is 105 cm³/mol. The maximum Gasteiger partial charge on any atom is 0.267 e. The van der Waals surface area contributed by atoms with Crippen LogP contribution in [0.4, 0.5) is 0 Å². The molecule has 0 aliphatic heterocycles. The van der Waals surface area contributed by atoms with Crippen molar-refractivity contribution in [2.45, 2.75) is 92.7 Å². The molecule has 0 aliphatic rings. The number of carbonyl (C=O) groups excluding carboxylic acids is 1. The second-order valence-corrected chi connectivity index (χ2v) is 9.94. The third-order valence-corrected chi connectivity index (χ3v) is 4.54. The molecule has 0 aliphatic carbocycles. The third-order valence-electron chi connectivity index (χ3n) is 4.54. The number of nitrogens with one attached hydrogen (secondary N) is 1. The van der Waals surface area contributed by atoms with Gasteiger partial charge in [-0.3, -0.25) is 4.79 Å². The molecule has 0 bridgehead atoms. The lowest BCUT2D eigenvalue weighted by atomic mass is 9.89. The highest BCUT2D eigenvalue weighted by atomic mass is 16.2. The number of carbonyl (C=O) groups is 1. The molecule has 0 aromatic carbocycles. The molecule has 0 fully saturated rings. The van der Waals surface area contributed by atoms with Gasteiger partial charge >= 0.3 is 0 Å². The molecule has 0 heterocycles. The molecule has 1 amide bonds. The number of nitrogens with zero attached hydrogens (tertiary/aromatic N) is 1. The van der Waals surface area contributed by atoms with Gasteiger partial charge < -0.3 is 16.0 Å². The summed E-state index contributed by atoms with van der Waals surface area (Å²) in [6.07, 6.45) is 2.97. The highest BCUT2D eigenvalue weighted by Crippen LogP contribution is 2.25. The smallest absolute Gasteiger partial charge is 0.267 e. The van der Waals surface area contributed by atoms with Crippen LogP contribution < -0.4 is 11.1 Å². The fourth-order valence-electron chi connectivity index (χ4n) is 2.23. The quantitative estimate of drug-likeness (QED) is 0.688. The molecule has 24 heavy (non-hydrogen) atoms. The number of nitrogens with two attached hydrogens (primary N) is 1. The highest BCUT2D eigenvalue weighted by Gasteiger charge is 2.25. The third kappa shape index (κ3) is 9.31. The van der Waals surface area contributed by atoms with Crippen molar-refractivity contribution >= 4 is 5.91 Å². The summed E-state index contributed by atoms with van der Waals surface area (Å²) >= 11 is 0. The molecule has 0 rings (SSSR count). The predicted octanol–water partition coefficient (Wildman–Crippen LogP) is 4.06. The molecule has 0 aromatic rings. The van der Waals surface area contributed by atoms with Crippen molar-refractivity contribution in [1.29, 1.82) is 0 Å². The summed E-state index contributed by atoms with van der Waals surface area (Å²) in [6, 6.07) is 0. The summed E-state index contributed by atoms with van der Waals surface area (Å²) in [6.45, 7) is 20.2. The summed E-state index contributed by atoms with van der Waals surface area (Å²) in [5, 5.41) is 2.92. The standard InChI is InChI=1S/C20H41N3O/c1-15(16(21)17(24)22-19(5,6)7)11-12-20(8,9)23(10)14-13-18(2,3)4/h11-14,21H2,1-10H3,(H,22,24). The van der Waals surface area contributed by atoms with Crippen LogP contribution in [0.15, 0.2) is 11.3 Å². The van der Waals surface area contributed by atoms with E-state index in [1.54, 1.807) is 0 Å². The average Bonchev–Trinajstić information content (AvgIpc) is 2.38. The van der Waals surface area contributed by atoms with Crippen LogP contribution >= 0.6 is 0 Å². The Hall–Kier alpha value is -1.03. The van der Waals surface area contributed by atoms with E-state index in [4.69, 9.17) is 5.73 Å². The van der Waals surface area contributed by atoms with E-state index >= 15 is 0 Å². The van der Waals surface area contributed by atoms with Crippen molar-refractivity contribution < 1.29 is 4.79 Å². The van der Waals surface area contributed by atoms with Gasteiger partial charge in [0.05, 0.1) is 5.70 Å². The van der Waals surface area contributed by atoms with Crippen molar-refractivity contribution in [2.24, 2.45) is 11.1 Å². The lowest BCUT2D eigenvalue weighted by Gasteiger charge is -2.37. The van der Waals surface area contributed by atoms with Gasteiger partial charge in [-0.1, -0.05) is 20.8 Å². The Labute approximate surface area is 150 Å². The van der Waals surface area contributed by atoms with Gasteiger partial charge in [0, 0.05) is 11.1 Å². The minimum Gasteiger partial charge on any atom is -0.394 e. The summed E-state index contributed by atoms with van der Waals surface area (Å²) in [4.78, 5) is 14.6. The van der Waals surface area contributed by atoms with Crippen LogP contribution in [0.2, 0.25) is 0 Å². The first kappa shape index (κ1) is 23.0. The Morgan fingerprint density at radius 2 is 1.50 bits per heavy atom. The van der Waals surface area contributed by atoms with Crippen molar-refractivity contribution in [1.82, 2.24) is 10.2 Å². The monoisotopic (exact) mass is 339 g/mol. The summed E-state index contributed by atoms with van der Waals surface area (Å²) in [5.41, 5.74) is 7.52. The van der Waals surface area contributed by atoms with Gasteiger partial charge in [-0.2, -0.15) is 0 Å². The van der Waals surface area contributed by atoms with Gasteiger partial charge in [0.1, 0.15) is 0 Å². The van der Waals surface area contributed by atoms with E-state index in [1.165, 1.54) is 0 Å². The van der Waals surface area contributed by atoms with E-state index in [0.29, 0.717) is 11.1 Å². The zero-order chi connectivity index (χ0) is 19.3. The van der Waals surface area contributed by atoms with Gasteiger partial charge in [-0.15, -0.1) is 0 Å². The summed E-state index contributed by atoms with van der Waals surface area (Å²) < 4.78 is 0. The number of hydrogen-bond donors (Lipinski definition) is 2. The van der Waals surface area contributed by atoms with Gasteiger partial charge in [-0.05, 0) is 85.4 Å². The molecule has 4 nitrogen and oxygen atoms in total. The normalized spacial score (nSPS) is 14.6. The lowest BCUT2D eigenvalue weighted by Crippen LogP contribution is -2.43. The van der Waals surface area contributed by atoms with E-state index in [9.17, 15) is 4.79 Å². The zero-order valence-electron chi connectivity index (χ0n) is 17.8. The molecule has 0 radical (unpaired) electrons. The summed E-state index contributed by atoms with van der Waals surface area (Å²) in [5.74, 6) is -0.168. The van der Waals surface area contributed by atoms with Crippen LogP contribution in [0.1, 0.15) is 81.6 Å². The number of amides is 1. The van der Waals surface area contributed by atoms with E-state index in [-0.39, 0.29) is 17.0 Å². The zero-order valence-corrected chi connectivity index (χ0v) is 17.8. The molecule has 0 unspecified atom stereocenters. The van der Waals surface area contributed by atoms with Gasteiger partial charge in [0.2, 0.25) is 0 Å². The van der Waals surface area contributed by atoms with Crippen molar-refractivity contribution in [3.63, 3.8) is 0 Å². The summed E-state index contributed by atoms with van der Waals surface area (Å²) in [7, 11) is 2.18. The van der Waals surface area contributed by atoms with Gasteiger partial charge in [-0.25, -0.2) is 0 Å². The SMILES string of the molecule is CC(CCC(C)(C)N(C)CCC(C)(C)C)=C(N)C(=O)NC(C)(C)C. The molecular weight excluding hydrogens is 298 g/mol.